The highest BCUT2D eigenvalue weighted by Gasteiger charge is 2.17. The van der Waals surface area contributed by atoms with Crippen molar-refractivity contribution in [2.24, 2.45) is 7.05 Å². The van der Waals surface area contributed by atoms with Gasteiger partial charge in [-0.25, -0.2) is 9.78 Å². The number of benzene rings is 1. The predicted octanol–water partition coefficient (Wildman–Crippen LogP) is 2.13. The fraction of sp³-hybridized carbons (Fsp3) is 0.300. The van der Waals surface area contributed by atoms with E-state index in [9.17, 15) is 20.0 Å². The quantitative estimate of drug-likeness (QED) is 0.516. The largest absolute Gasteiger partial charge is 0.393 e. The van der Waals surface area contributed by atoms with Gasteiger partial charge in [0.1, 0.15) is 22.5 Å². The van der Waals surface area contributed by atoms with E-state index in [-0.39, 0.29) is 22.1 Å². The van der Waals surface area contributed by atoms with Crippen LogP contribution in [0.4, 0.5) is 11.4 Å². The van der Waals surface area contributed by atoms with E-state index in [2.05, 4.69) is 15.6 Å². The van der Waals surface area contributed by atoms with Gasteiger partial charge in [0.05, 0.1) is 22.8 Å². The summed E-state index contributed by atoms with van der Waals surface area (Å²) in [6, 6.07) is 8.75. The summed E-state index contributed by atoms with van der Waals surface area (Å²) in [5.41, 5.74) is 2.32. The van der Waals surface area contributed by atoms with Crippen LogP contribution in [-0.2, 0) is 13.6 Å². The summed E-state index contributed by atoms with van der Waals surface area (Å²) >= 11 is 6.09. The van der Waals surface area contributed by atoms with Crippen LogP contribution in [0.1, 0.15) is 29.4 Å². The number of aliphatic hydroxyl groups excluding tert-OH is 1. The van der Waals surface area contributed by atoms with Crippen LogP contribution in [0.3, 0.4) is 0 Å². The number of aryl methyl sites for hydroxylation is 2. The van der Waals surface area contributed by atoms with Crippen molar-refractivity contribution in [1.82, 2.24) is 19.4 Å². The number of imidazole rings is 1. The Morgan fingerprint density at radius 3 is 2.73 bits per heavy atom. The molecule has 0 aliphatic heterocycles. The van der Waals surface area contributed by atoms with Crippen molar-refractivity contribution in [2.45, 2.75) is 26.0 Å². The smallest absolute Gasteiger partial charge is 0.328 e. The number of carbonyl (C=O) groups excluding carboxylic acids is 1. The van der Waals surface area contributed by atoms with Gasteiger partial charge in [0.2, 0.25) is 0 Å². The summed E-state index contributed by atoms with van der Waals surface area (Å²) in [6.07, 6.45) is -0.0983. The number of rotatable bonds is 6. The predicted molar refractivity (Wildman–Crippen MR) is 114 cm³/mol. The van der Waals surface area contributed by atoms with Crippen molar-refractivity contribution in [3.63, 3.8) is 0 Å². The molecule has 0 saturated carbocycles. The van der Waals surface area contributed by atoms with Crippen LogP contribution >= 0.6 is 11.6 Å². The Morgan fingerprint density at radius 1 is 1.37 bits per heavy atom. The molecular formula is C20H21ClN6O3. The van der Waals surface area contributed by atoms with Crippen LogP contribution in [0.2, 0.25) is 5.15 Å². The molecule has 9 nitrogen and oxygen atoms in total. The number of halogens is 1. The second kappa shape index (κ2) is 8.57. The van der Waals surface area contributed by atoms with Crippen molar-refractivity contribution in [1.29, 1.82) is 5.26 Å². The molecule has 1 amide bonds. The number of fused-ring (bicyclic) bond motifs is 1. The fourth-order valence-corrected chi connectivity index (χ4v) is 3.37. The van der Waals surface area contributed by atoms with E-state index in [4.69, 9.17) is 11.6 Å². The Kier molecular flexibility index (Phi) is 6.10. The number of nitrogens with one attached hydrogen (secondary N) is 2. The molecule has 0 radical (unpaired) electrons. The maximum atomic E-state index is 12.6. The molecule has 0 fully saturated rings. The maximum absolute atomic E-state index is 12.6. The Bertz CT molecular complexity index is 1220. The number of amides is 1. The lowest BCUT2D eigenvalue weighted by Gasteiger charge is -2.12. The van der Waals surface area contributed by atoms with Gasteiger partial charge in [0, 0.05) is 26.3 Å². The molecule has 156 valence electrons. The summed E-state index contributed by atoms with van der Waals surface area (Å²) in [6.45, 7) is 2.03. The third-order valence-corrected chi connectivity index (χ3v) is 5.02. The molecule has 30 heavy (non-hydrogen) atoms. The van der Waals surface area contributed by atoms with Gasteiger partial charge in [0.25, 0.3) is 5.91 Å². The molecule has 3 N–H and O–H groups in total. The highest BCUT2D eigenvalue weighted by atomic mass is 35.5. The average molecular weight is 429 g/mol. The molecule has 3 rings (SSSR count). The Labute approximate surface area is 177 Å². The zero-order valence-corrected chi connectivity index (χ0v) is 17.5. The Balaban J connectivity index is 2.07. The van der Waals surface area contributed by atoms with Crippen LogP contribution in [0.5, 0.6) is 0 Å². The first-order valence-electron chi connectivity index (χ1n) is 9.24. The number of aromatic nitrogens is 3. The van der Waals surface area contributed by atoms with E-state index < -0.39 is 12.0 Å². The fourth-order valence-electron chi connectivity index (χ4n) is 3.14. The molecular weight excluding hydrogens is 408 g/mol. The van der Waals surface area contributed by atoms with Crippen molar-refractivity contribution in [3.05, 3.63) is 51.2 Å². The lowest BCUT2D eigenvalue weighted by atomic mass is 10.2. The van der Waals surface area contributed by atoms with Crippen LogP contribution in [0.25, 0.3) is 11.0 Å². The first kappa shape index (κ1) is 21.4. The lowest BCUT2D eigenvalue weighted by molar-refractivity contribution is 0.0958. The molecule has 0 bridgehead atoms. The molecule has 0 saturated heterocycles. The van der Waals surface area contributed by atoms with E-state index in [0.29, 0.717) is 29.9 Å². The topological polar surface area (TPSA) is 125 Å². The first-order chi connectivity index (χ1) is 14.3. The number of aliphatic hydroxyl groups is 1. The highest BCUT2D eigenvalue weighted by molar-refractivity contribution is 6.31. The van der Waals surface area contributed by atoms with Crippen LogP contribution in [0.15, 0.2) is 29.1 Å². The summed E-state index contributed by atoms with van der Waals surface area (Å²) < 4.78 is 3.13. The minimum absolute atomic E-state index is 0.0682. The minimum Gasteiger partial charge on any atom is -0.393 e. The van der Waals surface area contributed by atoms with Crippen LogP contribution in [0, 0.1) is 11.3 Å². The first-order valence-corrected chi connectivity index (χ1v) is 9.61. The van der Waals surface area contributed by atoms with Gasteiger partial charge in [-0.3, -0.25) is 13.9 Å². The third-order valence-electron chi connectivity index (χ3n) is 4.74. The number of anilines is 2. The second-order valence-corrected chi connectivity index (χ2v) is 7.23. The number of nitrogens with zero attached hydrogens (tertiary/aromatic N) is 4. The highest BCUT2D eigenvalue weighted by Crippen LogP contribution is 2.28. The molecule has 1 aromatic carbocycles. The van der Waals surface area contributed by atoms with Gasteiger partial charge in [0.15, 0.2) is 0 Å². The number of carbonyl (C=O) groups is 1. The van der Waals surface area contributed by atoms with Gasteiger partial charge in [-0.05, 0) is 37.6 Å². The molecule has 0 unspecified atom stereocenters. The summed E-state index contributed by atoms with van der Waals surface area (Å²) in [5, 5.41) is 24.5. The van der Waals surface area contributed by atoms with Gasteiger partial charge >= 0.3 is 5.69 Å². The van der Waals surface area contributed by atoms with Crippen molar-refractivity contribution in [2.75, 3.05) is 12.4 Å². The molecule has 10 heteroatoms. The zero-order chi connectivity index (χ0) is 22.0. The van der Waals surface area contributed by atoms with Gasteiger partial charge in [-0.1, -0.05) is 11.6 Å². The summed E-state index contributed by atoms with van der Waals surface area (Å²) in [4.78, 5) is 28.5. The molecule has 0 aliphatic carbocycles. The van der Waals surface area contributed by atoms with E-state index in [0.717, 1.165) is 5.52 Å². The number of hydrogen-bond acceptors (Lipinski definition) is 6. The van der Waals surface area contributed by atoms with Crippen molar-refractivity contribution >= 4 is 39.9 Å². The summed E-state index contributed by atoms with van der Waals surface area (Å²) in [5.74, 6) is -0.435. The monoisotopic (exact) mass is 428 g/mol. The zero-order valence-electron chi connectivity index (χ0n) is 16.7. The molecule has 0 aliphatic rings. The molecule has 2 aromatic heterocycles. The Morgan fingerprint density at radius 2 is 2.10 bits per heavy atom. The summed E-state index contributed by atoms with van der Waals surface area (Å²) in [7, 11) is 3.15. The second-order valence-electron chi connectivity index (χ2n) is 6.87. The van der Waals surface area contributed by atoms with E-state index >= 15 is 0 Å². The molecule has 1 atom stereocenters. The van der Waals surface area contributed by atoms with Crippen LogP contribution < -0.4 is 16.3 Å². The van der Waals surface area contributed by atoms with E-state index in [1.165, 1.54) is 17.7 Å². The SMILES string of the molecule is CNC(=O)c1cc(Nc2ccc3c(c2)n(CC[C@@H](C)O)c(=O)n3C)c(C#N)c(Cl)n1. The number of hydrogen-bond donors (Lipinski definition) is 3. The van der Waals surface area contributed by atoms with E-state index in [1.54, 1.807) is 36.7 Å². The third kappa shape index (κ3) is 4.01. The lowest BCUT2D eigenvalue weighted by Crippen LogP contribution is -2.23. The molecule has 3 aromatic rings. The van der Waals surface area contributed by atoms with Gasteiger partial charge in [-0.2, -0.15) is 5.26 Å². The van der Waals surface area contributed by atoms with Crippen LogP contribution in [-0.4, -0.2) is 38.3 Å². The maximum Gasteiger partial charge on any atom is 0.328 e. The standard InChI is InChI=1S/C20H21ClN6O3/c1-11(28)6-7-27-17-8-12(4-5-16(17)26(3)20(27)30)24-14-9-15(19(29)23-2)25-18(21)13(14)10-22/h4-5,8-9,11,28H,6-7H2,1-3H3,(H,23,29)(H,24,25)/t11-/m1/s1. The van der Waals surface area contributed by atoms with Crippen molar-refractivity contribution in [3.8, 4) is 6.07 Å². The molecule has 2 heterocycles. The number of pyridine rings is 1. The van der Waals surface area contributed by atoms with Crippen molar-refractivity contribution < 1.29 is 9.90 Å². The minimum atomic E-state index is -0.534. The normalized spacial score (nSPS) is 11.9. The van der Waals surface area contributed by atoms with Gasteiger partial charge in [-0.15, -0.1) is 0 Å². The molecule has 0 spiro atoms. The van der Waals surface area contributed by atoms with E-state index in [1.807, 2.05) is 6.07 Å². The average Bonchev–Trinajstić information content (AvgIpc) is 2.95. The number of nitriles is 1. The van der Waals surface area contributed by atoms with Gasteiger partial charge < -0.3 is 15.7 Å². The Hall–Kier alpha value is -3.35.